The van der Waals surface area contributed by atoms with Crippen LogP contribution in [0.4, 0.5) is 10.1 Å². The van der Waals surface area contributed by atoms with E-state index in [1.165, 1.54) is 6.07 Å². The summed E-state index contributed by atoms with van der Waals surface area (Å²) in [6.45, 7) is 3.78. The second-order valence-corrected chi connectivity index (χ2v) is 4.65. The molecule has 2 aromatic rings. The zero-order chi connectivity index (χ0) is 15.6. The summed E-state index contributed by atoms with van der Waals surface area (Å²) in [4.78, 5) is 26.8. The van der Waals surface area contributed by atoms with Crippen molar-refractivity contribution < 1.29 is 19.1 Å². The molecule has 0 bridgehead atoms. The number of halogens is 1. The highest BCUT2D eigenvalue weighted by Crippen LogP contribution is 2.16. The quantitative estimate of drug-likeness (QED) is 0.799. The lowest BCUT2D eigenvalue weighted by Gasteiger charge is -2.04. The number of H-pyrrole nitrogens is 1. The number of nitrogens with zero attached hydrogens (tertiary/aromatic N) is 2. The van der Waals surface area contributed by atoms with Gasteiger partial charge in [0.15, 0.2) is 0 Å². The number of benzene rings is 1. The Kier molecular flexibility index (Phi) is 3.97. The first-order valence-corrected chi connectivity index (χ1v) is 6.15. The van der Waals surface area contributed by atoms with E-state index in [0.717, 1.165) is 12.1 Å². The molecule has 8 heteroatoms. The van der Waals surface area contributed by atoms with Gasteiger partial charge in [-0.15, -0.1) is 5.10 Å². The first-order valence-electron chi connectivity index (χ1n) is 6.15. The van der Waals surface area contributed by atoms with E-state index in [9.17, 15) is 14.0 Å². The van der Waals surface area contributed by atoms with Gasteiger partial charge in [0.1, 0.15) is 11.6 Å². The first-order chi connectivity index (χ1) is 9.88. The van der Waals surface area contributed by atoms with E-state index in [4.69, 9.17) is 5.11 Å². The molecular formula is C13H13FN4O3. The molecule has 0 aliphatic carbocycles. The van der Waals surface area contributed by atoms with Gasteiger partial charge < -0.3 is 10.4 Å². The molecule has 0 aliphatic heterocycles. The fourth-order valence-corrected chi connectivity index (χ4v) is 1.59. The van der Waals surface area contributed by atoms with Gasteiger partial charge in [-0.25, -0.2) is 14.2 Å². The third-order valence-electron chi connectivity index (χ3n) is 2.71. The second-order valence-electron chi connectivity index (χ2n) is 4.65. The Morgan fingerprint density at radius 3 is 2.67 bits per heavy atom. The standard InChI is InChI=1S/C13H13FN4O3/c1-6(2)10-16-11(18-17-10)12(19)15-7-3-4-9(14)8(5-7)13(20)21/h3-6H,1-2H3,(H,15,19)(H,20,21)(H,16,17,18). The molecule has 0 atom stereocenters. The first kappa shape index (κ1) is 14.6. The highest BCUT2D eigenvalue weighted by atomic mass is 19.1. The SMILES string of the molecule is CC(C)c1nc(C(=O)Nc2ccc(F)c(C(=O)O)c2)n[nH]1. The number of nitrogens with one attached hydrogen (secondary N) is 2. The van der Waals surface area contributed by atoms with Crippen molar-refractivity contribution in [3.05, 3.63) is 41.2 Å². The summed E-state index contributed by atoms with van der Waals surface area (Å²) in [7, 11) is 0. The van der Waals surface area contributed by atoms with Crippen molar-refractivity contribution in [2.45, 2.75) is 19.8 Å². The molecule has 110 valence electrons. The minimum Gasteiger partial charge on any atom is -0.478 e. The third-order valence-corrected chi connectivity index (χ3v) is 2.71. The van der Waals surface area contributed by atoms with Gasteiger partial charge in [-0.1, -0.05) is 13.8 Å². The summed E-state index contributed by atoms with van der Waals surface area (Å²) < 4.78 is 13.2. The van der Waals surface area contributed by atoms with E-state index >= 15 is 0 Å². The lowest BCUT2D eigenvalue weighted by Crippen LogP contribution is -2.14. The Balaban J connectivity index is 2.19. The van der Waals surface area contributed by atoms with Gasteiger partial charge in [-0.2, -0.15) is 0 Å². The number of carboxylic acids is 1. The summed E-state index contributed by atoms with van der Waals surface area (Å²) in [6.07, 6.45) is 0. The molecular weight excluding hydrogens is 279 g/mol. The minimum atomic E-state index is -1.41. The zero-order valence-electron chi connectivity index (χ0n) is 11.3. The molecule has 21 heavy (non-hydrogen) atoms. The molecule has 0 spiro atoms. The van der Waals surface area contributed by atoms with Crippen molar-refractivity contribution in [3.8, 4) is 0 Å². The van der Waals surface area contributed by atoms with E-state index in [1.807, 2.05) is 13.8 Å². The largest absolute Gasteiger partial charge is 0.478 e. The number of carbonyl (C=O) groups excluding carboxylic acids is 1. The molecule has 0 unspecified atom stereocenters. The van der Waals surface area contributed by atoms with Crippen LogP contribution in [0.1, 0.15) is 46.6 Å². The van der Waals surface area contributed by atoms with Crippen LogP contribution in [0.5, 0.6) is 0 Å². The van der Waals surface area contributed by atoms with Gasteiger partial charge in [-0.3, -0.25) is 9.89 Å². The molecule has 1 aromatic heterocycles. The van der Waals surface area contributed by atoms with Crippen molar-refractivity contribution in [3.63, 3.8) is 0 Å². The van der Waals surface area contributed by atoms with Crippen LogP contribution in [0.3, 0.4) is 0 Å². The van der Waals surface area contributed by atoms with E-state index in [2.05, 4.69) is 20.5 Å². The van der Waals surface area contributed by atoms with Gasteiger partial charge in [0.2, 0.25) is 5.82 Å². The molecule has 0 radical (unpaired) electrons. The van der Waals surface area contributed by atoms with Gasteiger partial charge in [0.25, 0.3) is 5.91 Å². The Hall–Kier alpha value is -2.77. The van der Waals surface area contributed by atoms with Gasteiger partial charge in [0.05, 0.1) is 5.56 Å². The molecule has 1 heterocycles. The predicted molar refractivity (Wildman–Crippen MR) is 71.8 cm³/mol. The molecule has 3 N–H and O–H groups in total. The number of aromatic carboxylic acids is 1. The van der Waals surface area contributed by atoms with Crippen molar-refractivity contribution in [1.82, 2.24) is 15.2 Å². The maximum absolute atomic E-state index is 13.2. The lowest BCUT2D eigenvalue weighted by atomic mass is 10.2. The van der Waals surface area contributed by atoms with Crippen LogP contribution in [-0.4, -0.2) is 32.2 Å². The monoisotopic (exact) mass is 292 g/mol. The molecule has 7 nitrogen and oxygen atoms in total. The lowest BCUT2D eigenvalue weighted by molar-refractivity contribution is 0.0691. The number of rotatable bonds is 4. The smallest absolute Gasteiger partial charge is 0.338 e. The van der Waals surface area contributed by atoms with Crippen LogP contribution < -0.4 is 5.32 Å². The Morgan fingerprint density at radius 2 is 2.10 bits per heavy atom. The number of aromatic amines is 1. The number of anilines is 1. The highest BCUT2D eigenvalue weighted by molar-refractivity contribution is 6.02. The van der Waals surface area contributed by atoms with E-state index in [1.54, 1.807) is 0 Å². The van der Waals surface area contributed by atoms with Crippen molar-refractivity contribution in [1.29, 1.82) is 0 Å². The summed E-state index contributed by atoms with van der Waals surface area (Å²) in [5, 5.41) is 17.6. The topological polar surface area (TPSA) is 108 Å². The molecule has 1 aromatic carbocycles. The Morgan fingerprint density at radius 1 is 1.38 bits per heavy atom. The van der Waals surface area contributed by atoms with Gasteiger partial charge in [-0.05, 0) is 18.2 Å². The van der Waals surface area contributed by atoms with Gasteiger partial charge in [0, 0.05) is 11.6 Å². The number of carbonyl (C=O) groups is 2. The van der Waals surface area contributed by atoms with Crippen LogP contribution in [0.25, 0.3) is 0 Å². The molecule has 0 saturated carbocycles. The van der Waals surface area contributed by atoms with Crippen LogP contribution in [0.2, 0.25) is 0 Å². The number of amides is 1. The number of hydrogen-bond acceptors (Lipinski definition) is 4. The summed E-state index contributed by atoms with van der Waals surface area (Å²) in [5.41, 5.74) is -0.375. The van der Waals surface area contributed by atoms with E-state index in [-0.39, 0.29) is 17.4 Å². The molecule has 0 fully saturated rings. The van der Waals surface area contributed by atoms with Crippen LogP contribution in [-0.2, 0) is 0 Å². The highest BCUT2D eigenvalue weighted by Gasteiger charge is 2.16. The zero-order valence-corrected chi connectivity index (χ0v) is 11.3. The average molecular weight is 292 g/mol. The second kappa shape index (κ2) is 5.70. The maximum Gasteiger partial charge on any atom is 0.338 e. The van der Waals surface area contributed by atoms with Crippen molar-refractivity contribution in [2.75, 3.05) is 5.32 Å². The average Bonchev–Trinajstić information content (AvgIpc) is 2.90. The normalized spacial score (nSPS) is 10.7. The molecule has 0 saturated heterocycles. The van der Waals surface area contributed by atoms with Crippen molar-refractivity contribution >= 4 is 17.6 Å². The molecule has 2 rings (SSSR count). The van der Waals surface area contributed by atoms with Crippen LogP contribution in [0, 0.1) is 5.82 Å². The fourth-order valence-electron chi connectivity index (χ4n) is 1.59. The molecule has 0 aliphatic rings. The number of aromatic nitrogens is 3. The minimum absolute atomic E-state index is 0.0695. The maximum atomic E-state index is 13.2. The van der Waals surface area contributed by atoms with E-state index in [0.29, 0.717) is 5.82 Å². The van der Waals surface area contributed by atoms with Crippen LogP contribution >= 0.6 is 0 Å². The fraction of sp³-hybridized carbons (Fsp3) is 0.231. The Labute approximate surface area is 119 Å². The number of hydrogen-bond donors (Lipinski definition) is 3. The Bertz CT molecular complexity index is 696. The van der Waals surface area contributed by atoms with Crippen LogP contribution in [0.15, 0.2) is 18.2 Å². The predicted octanol–water partition coefficient (Wildman–Crippen LogP) is 2.02. The van der Waals surface area contributed by atoms with Crippen molar-refractivity contribution in [2.24, 2.45) is 0 Å². The summed E-state index contributed by atoms with van der Waals surface area (Å²) in [5.74, 6) is -2.32. The number of carboxylic acid groups (broad SMARTS) is 1. The van der Waals surface area contributed by atoms with Gasteiger partial charge >= 0.3 is 5.97 Å². The summed E-state index contributed by atoms with van der Waals surface area (Å²) in [6, 6.07) is 3.26. The summed E-state index contributed by atoms with van der Waals surface area (Å²) >= 11 is 0. The van der Waals surface area contributed by atoms with E-state index < -0.39 is 23.3 Å². The molecule has 1 amide bonds. The third kappa shape index (κ3) is 3.22.